The number of nitrogen functional groups attached to an aromatic ring is 1. The van der Waals surface area contributed by atoms with Crippen LogP contribution in [0, 0.1) is 5.82 Å². The highest BCUT2D eigenvalue weighted by atomic mass is 32.2. The van der Waals surface area contributed by atoms with Gasteiger partial charge in [0, 0.05) is 28.8 Å². The van der Waals surface area contributed by atoms with Crippen molar-refractivity contribution in [1.29, 1.82) is 0 Å². The average molecular weight is 477 g/mol. The molecule has 1 aliphatic heterocycles. The van der Waals surface area contributed by atoms with E-state index in [1.54, 1.807) is 21.3 Å². The third-order valence-electron chi connectivity index (χ3n) is 5.76. The number of carbonyl (C=O) groups is 1. The Balaban J connectivity index is 1.40. The summed E-state index contributed by atoms with van der Waals surface area (Å²) in [6.45, 7) is 4.71. The summed E-state index contributed by atoms with van der Waals surface area (Å²) in [6, 6.07) is 11.9. The molecule has 0 saturated heterocycles. The Kier molecular flexibility index (Phi) is 5.66. The normalized spacial score (nSPS) is 15.0. The van der Waals surface area contributed by atoms with Crippen LogP contribution in [0.1, 0.15) is 10.8 Å². The van der Waals surface area contributed by atoms with E-state index in [9.17, 15) is 14.3 Å². The van der Waals surface area contributed by atoms with Crippen LogP contribution in [0.5, 0.6) is 5.75 Å². The van der Waals surface area contributed by atoms with Crippen LogP contribution in [-0.2, 0) is 11.3 Å². The lowest BCUT2D eigenvalue weighted by Gasteiger charge is -2.15. The Morgan fingerprint density at radius 3 is 2.91 bits per heavy atom. The SMILES string of the molecule is C=CC(=O)N1CC(SCCn2nc(-c3ccc(F)c(O)c3)c3c(N)ncnc32)c2ccccc21. The van der Waals surface area contributed by atoms with Crippen molar-refractivity contribution in [1.82, 2.24) is 19.7 Å². The average Bonchev–Trinajstić information content (AvgIpc) is 3.40. The zero-order valence-electron chi connectivity index (χ0n) is 18.1. The highest BCUT2D eigenvalue weighted by Crippen LogP contribution is 2.43. The lowest BCUT2D eigenvalue weighted by atomic mass is 10.1. The fourth-order valence-electron chi connectivity index (χ4n) is 4.16. The molecule has 0 fully saturated rings. The summed E-state index contributed by atoms with van der Waals surface area (Å²) in [7, 11) is 0. The van der Waals surface area contributed by atoms with Gasteiger partial charge in [-0.1, -0.05) is 24.8 Å². The molecule has 0 aliphatic carbocycles. The van der Waals surface area contributed by atoms with Gasteiger partial charge in [-0.25, -0.2) is 19.0 Å². The first kappa shape index (κ1) is 21.9. The van der Waals surface area contributed by atoms with Gasteiger partial charge in [-0.3, -0.25) is 4.79 Å². The molecule has 172 valence electrons. The number of halogens is 1. The number of hydrogen-bond acceptors (Lipinski definition) is 7. The van der Waals surface area contributed by atoms with E-state index < -0.39 is 11.6 Å². The van der Waals surface area contributed by atoms with Crippen LogP contribution >= 0.6 is 11.8 Å². The van der Waals surface area contributed by atoms with Crippen LogP contribution in [0.3, 0.4) is 0 Å². The van der Waals surface area contributed by atoms with E-state index in [2.05, 4.69) is 21.6 Å². The monoisotopic (exact) mass is 476 g/mol. The minimum absolute atomic E-state index is 0.118. The summed E-state index contributed by atoms with van der Waals surface area (Å²) < 4.78 is 15.3. The van der Waals surface area contributed by atoms with Gasteiger partial charge < -0.3 is 15.7 Å². The number of para-hydroxylation sites is 1. The molecule has 1 aliphatic rings. The van der Waals surface area contributed by atoms with Gasteiger partial charge in [-0.2, -0.15) is 5.10 Å². The van der Waals surface area contributed by atoms with Crippen LogP contribution < -0.4 is 10.6 Å². The van der Waals surface area contributed by atoms with Crippen molar-refractivity contribution in [2.75, 3.05) is 22.9 Å². The molecule has 1 unspecified atom stereocenters. The first-order valence-corrected chi connectivity index (χ1v) is 11.6. The highest BCUT2D eigenvalue weighted by molar-refractivity contribution is 7.99. The minimum Gasteiger partial charge on any atom is -0.505 e. The van der Waals surface area contributed by atoms with E-state index in [0.717, 1.165) is 11.3 Å². The van der Waals surface area contributed by atoms with Gasteiger partial charge in [-0.15, -0.1) is 11.8 Å². The molecule has 1 amide bonds. The number of thioether (sulfide) groups is 1. The second-order valence-electron chi connectivity index (χ2n) is 7.77. The van der Waals surface area contributed by atoms with Crippen LogP contribution in [0.25, 0.3) is 22.3 Å². The summed E-state index contributed by atoms with van der Waals surface area (Å²) in [6.07, 6.45) is 2.71. The number of nitrogens with two attached hydrogens (primary N) is 1. The lowest BCUT2D eigenvalue weighted by Crippen LogP contribution is -2.27. The number of phenolic OH excluding ortho intramolecular Hbond substituents is 1. The maximum Gasteiger partial charge on any atom is 0.250 e. The van der Waals surface area contributed by atoms with Crippen molar-refractivity contribution >= 4 is 40.2 Å². The van der Waals surface area contributed by atoms with E-state index in [1.165, 1.54) is 30.6 Å². The van der Waals surface area contributed by atoms with E-state index in [0.29, 0.717) is 41.1 Å². The summed E-state index contributed by atoms with van der Waals surface area (Å²) in [5.41, 5.74) is 9.69. The van der Waals surface area contributed by atoms with Gasteiger partial charge >= 0.3 is 0 Å². The lowest BCUT2D eigenvalue weighted by molar-refractivity contribution is -0.114. The Bertz CT molecular complexity index is 1420. The van der Waals surface area contributed by atoms with Crippen LogP contribution in [0.2, 0.25) is 0 Å². The van der Waals surface area contributed by atoms with Crippen LogP contribution in [-0.4, -0.2) is 43.1 Å². The Labute approximate surface area is 198 Å². The fourth-order valence-corrected chi connectivity index (χ4v) is 5.36. The molecular weight excluding hydrogens is 455 g/mol. The fraction of sp³-hybridized carbons (Fsp3) is 0.167. The maximum absolute atomic E-state index is 13.6. The van der Waals surface area contributed by atoms with Gasteiger partial charge in [0.2, 0.25) is 5.91 Å². The number of anilines is 2. The summed E-state index contributed by atoms with van der Waals surface area (Å²) in [5, 5.41) is 15.2. The van der Waals surface area contributed by atoms with Crippen molar-refractivity contribution in [3.05, 3.63) is 72.8 Å². The predicted octanol–water partition coefficient (Wildman–Crippen LogP) is 3.93. The number of rotatable bonds is 6. The van der Waals surface area contributed by atoms with Gasteiger partial charge in [-0.05, 0) is 35.9 Å². The van der Waals surface area contributed by atoms with Gasteiger partial charge in [0.25, 0.3) is 0 Å². The molecule has 8 nitrogen and oxygen atoms in total. The molecule has 0 bridgehead atoms. The van der Waals surface area contributed by atoms with E-state index >= 15 is 0 Å². The molecule has 0 radical (unpaired) electrons. The van der Waals surface area contributed by atoms with E-state index in [4.69, 9.17) is 5.73 Å². The van der Waals surface area contributed by atoms with E-state index in [-0.39, 0.29) is 17.0 Å². The number of carbonyl (C=O) groups excluding carboxylic acids is 1. The quantitative estimate of drug-likeness (QED) is 0.406. The van der Waals surface area contributed by atoms with Crippen LogP contribution in [0.4, 0.5) is 15.9 Å². The van der Waals surface area contributed by atoms with Crippen molar-refractivity contribution in [3.8, 4) is 17.0 Å². The zero-order valence-corrected chi connectivity index (χ0v) is 18.9. The third-order valence-corrected chi connectivity index (χ3v) is 6.99. The Morgan fingerprint density at radius 1 is 1.29 bits per heavy atom. The summed E-state index contributed by atoms with van der Waals surface area (Å²) in [4.78, 5) is 22.5. The molecule has 4 aromatic rings. The Morgan fingerprint density at radius 2 is 2.12 bits per heavy atom. The number of nitrogens with zero attached hydrogens (tertiary/aromatic N) is 5. The van der Waals surface area contributed by atoms with Crippen molar-refractivity contribution in [2.24, 2.45) is 0 Å². The molecule has 34 heavy (non-hydrogen) atoms. The molecule has 0 saturated carbocycles. The standard InChI is InChI=1S/C24H21FN6O2S/c1-2-20(33)30-12-19(15-5-3-4-6-17(15)30)34-10-9-31-24-21(23(26)27-13-28-24)22(29-31)14-7-8-16(25)18(32)11-14/h2-8,11,13,19,32H,1,9-10,12H2,(H2,26,27,28). The second kappa shape index (κ2) is 8.79. The topological polar surface area (TPSA) is 110 Å². The van der Waals surface area contributed by atoms with Gasteiger partial charge in [0.15, 0.2) is 17.2 Å². The number of fused-ring (bicyclic) bond motifs is 2. The van der Waals surface area contributed by atoms with Gasteiger partial charge in [0.1, 0.15) is 17.8 Å². The van der Waals surface area contributed by atoms with Gasteiger partial charge in [0.05, 0.1) is 11.9 Å². The molecule has 10 heteroatoms. The van der Waals surface area contributed by atoms with E-state index in [1.807, 2.05) is 24.3 Å². The Hall–Kier alpha value is -3.92. The second-order valence-corrected chi connectivity index (χ2v) is 9.08. The third kappa shape index (κ3) is 3.75. The minimum atomic E-state index is -0.714. The maximum atomic E-state index is 13.6. The number of aryl methyl sites for hydroxylation is 1. The summed E-state index contributed by atoms with van der Waals surface area (Å²) >= 11 is 1.72. The highest BCUT2D eigenvalue weighted by Gasteiger charge is 2.31. The molecule has 2 aromatic heterocycles. The smallest absolute Gasteiger partial charge is 0.250 e. The first-order valence-electron chi connectivity index (χ1n) is 10.6. The van der Waals surface area contributed by atoms with Crippen molar-refractivity contribution < 1.29 is 14.3 Å². The first-order chi connectivity index (χ1) is 16.5. The number of aromatic nitrogens is 4. The molecule has 3 heterocycles. The number of phenols is 1. The zero-order chi connectivity index (χ0) is 23.8. The number of aromatic hydroxyl groups is 1. The molecule has 5 rings (SSSR count). The summed E-state index contributed by atoms with van der Waals surface area (Å²) in [5.74, 6) is -0.346. The molecule has 2 aromatic carbocycles. The largest absolute Gasteiger partial charge is 0.505 e. The van der Waals surface area contributed by atoms with Crippen LogP contribution in [0.15, 0.2) is 61.4 Å². The predicted molar refractivity (Wildman–Crippen MR) is 131 cm³/mol. The number of benzene rings is 2. The molecule has 1 atom stereocenters. The molecule has 0 spiro atoms. The van der Waals surface area contributed by atoms with Crippen molar-refractivity contribution in [2.45, 2.75) is 11.8 Å². The molecular formula is C24H21FN6O2S. The molecule has 3 N–H and O–H groups in total. The number of hydrogen-bond donors (Lipinski definition) is 2. The number of amides is 1. The van der Waals surface area contributed by atoms with Crippen molar-refractivity contribution in [3.63, 3.8) is 0 Å².